The van der Waals surface area contributed by atoms with Gasteiger partial charge in [0.2, 0.25) is 0 Å². The second-order valence-electron chi connectivity index (χ2n) is 4.24. The molecule has 0 radical (unpaired) electrons. The summed E-state index contributed by atoms with van der Waals surface area (Å²) < 4.78 is 22.8. The van der Waals surface area contributed by atoms with Crippen molar-refractivity contribution >= 4 is 7.60 Å². The third-order valence-corrected chi connectivity index (χ3v) is 5.00. The SMILES string of the molecule is CCOP(=O)(OCC)C(O[N+](=O)[O-])C(c1ccccc1)[N+](=O)[O-]. The molecule has 1 aromatic carbocycles. The van der Waals surface area contributed by atoms with Crippen LogP contribution in [0.1, 0.15) is 25.5 Å². The Bertz CT molecular complexity index is 572. The van der Waals surface area contributed by atoms with Gasteiger partial charge in [0.25, 0.3) is 17.0 Å². The monoisotopic (exact) mass is 348 g/mol. The summed E-state index contributed by atoms with van der Waals surface area (Å²) in [5.41, 5.74) is 0.0870. The zero-order chi connectivity index (χ0) is 17.5. The van der Waals surface area contributed by atoms with E-state index in [2.05, 4.69) is 4.84 Å². The number of nitro groups is 1. The van der Waals surface area contributed by atoms with E-state index >= 15 is 0 Å². The minimum absolute atomic E-state index is 0.0870. The van der Waals surface area contributed by atoms with Gasteiger partial charge in [0, 0.05) is 10.5 Å². The average Bonchev–Trinajstić information content (AvgIpc) is 2.47. The van der Waals surface area contributed by atoms with Gasteiger partial charge in [0.05, 0.1) is 13.2 Å². The molecule has 0 aliphatic carbocycles. The summed E-state index contributed by atoms with van der Waals surface area (Å²) in [6.07, 6.45) is 0. The van der Waals surface area contributed by atoms with Crippen LogP contribution < -0.4 is 0 Å². The van der Waals surface area contributed by atoms with Crippen LogP contribution in [0.4, 0.5) is 0 Å². The molecule has 128 valence electrons. The third kappa shape index (κ3) is 4.98. The molecule has 0 aliphatic rings. The van der Waals surface area contributed by atoms with Crippen LogP contribution in [-0.2, 0) is 18.5 Å². The highest BCUT2D eigenvalue weighted by Crippen LogP contribution is 2.57. The summed E-state index contributed by atoms with van der Waals surface area (Å²) in [6.45, 7) is 2.74. The zero-order valence-electron chi connectivity index (χ0n) is 12.6. The number of hydrogen-bond donors (Lipinski definition) is 0. The lowest BCUT2D eigenvalue weighted by Gasteiger charge is -2.26. The van der Waals surface area contributed by atoms with Gasteiger partial charge in [-0.05, 0) is 13.8 Å². The smallest absolute Gasteiger partial charge is 0.307 e. The van der Waals surface area contributed by atoms with Gasteiger partial charge < -0.3 is 9.05 Å². The van der Waals surface area contributed by atoms with Crippen molar-refractivity contribution in [2.24, 2.45) is 0 Å². The Morgan fingerprint density at radius 3 is 2.00 bits per heavy atom. The van der Waals surface area contributed by atoms with E-state index in [0.717, 1.165) is 0 Å². The summed E-state index contributed by atoms with van der Waals surface area (Å²) in [7, 11) is -4.26. The van der Waals surface area contributed by atoms with Gasteiger partial charge in [-0.1, -0.05) is 30.3 Å². The van der Waals surface area contributed by atoms with Crippen LogP contribution in [0.15, 0.2) is 30.3 Å². The van der Waals surface area contributed by atoms with E-state index in [0.29, 0.717) is 0 Å². The molecule has 23 heavy (non-hydrogen) atoms. The molecule has 0 saturated heterocycles. The molecule has 0 aliphatic heterocycles. The standard InChI is InChI=1S/C12H17N2O8P/c1-3-20-23(19,21-4-2)12(22-14(17)18)11(13(15)16)10-8-6-5-7-9-10/h5-9,11-12H,3-4H2,1-2H3. The van der Waals surface area contributed by atoms with Crippen LogP contribution in [0, 0.1) is 20.2 Å². The molecular formula is C12H17N2O8P. The van der Waals surface area contributed by atoms with Crippen LogP contribution >= 0.6 is 7.60 Å². The van der Waals surface area contributed by atoms with Crippen molar-refractivity contribution in [2.75, 3.05) is 13.2 Å². The van der Waals surface area contributed by atoms with E-state index < -0.39 is 29.5 Å². The van der Waals surface area contributed by atoms with Crippen molar-refractivity contribution in [2.45, 2.75) is 25.7 Å². The van der Waals surface area contributed by atoms with Gasteiger partial charge in [-0.2, -0.15) is 0 Å². The maximum atomic E-state index is 12.8. The Kier molecular flexibility index (Phi) is 7.08. The highest BCUT2D eigenvalue weighted by molar-refractivity contribution is 7.54. The average molecular weight is 348 g/mol. The molecule has 0 fully saturated rings. The largest absolute Gasteiger partial charge is 0.366 e. The number of nitrogens with zero attached hydrogens (tertiary/aromatic N) is 2. The lowest BCUT2D eigenvalue weighted by molar-refractivity contribution is -0.772. The highest BCUT2D eigenvalue weighted by atomic mass is 31.2. The lowest BCUT2D eigenvalue weighted by Crippen LogP contribution is -2.32. The molecule has 11 heteroatoms. The Morgan fingerprint density at radius 1 is 1.09 bits per heavy atom. The summed E-state index contributed by atoms with van der Waals surface area (Å²) in [4.78, 5) is 25.8. The number of hydrogen-bond acceptors (Lipinski definition) is 8. The summed E-state index contributed by atoms with van der Waals surface area (Å²) >= 11 is 0. The molecule has 2 atom stereocenters. The van der Waals surface area contributed by atoms with E-state index in [1.54, 1.807) is 6.07 Å². The first-order chi connectivity index (χ1) is 10.9. The Balaban J connectivity index is 3.38. The van der Waals surface area contributed by atoms with Crippen LogP contribution in [0.2, 0.25) is 0 Å². The fraction of sp³-hybridized carbons (Fsp3) is 0.500. The van der Waals surface area contributed by atoms with Gasteiger partial charge >= 0.3 is 7.60 Å². The molecule has 0 N–H and O–H groups in total. The molecule has 0 heterocycles. The van der Waals surface area contributed by atoms with Gasteiger partial charge in [-0.25, -0.2) is 0 Å². The normalized spacial score (nSPS) is 14.0. The molecule has 0 bridgehead atoms. The highest BCUT2D eigenvalue weighted by Gasteiger charge is 2.51. The van der Waals surface area contributed by atoms with E-state index in [1.165, 1.54) is 38.1 Å². The second-order valence-corrected chi connectivity index (χ2v) is 6.34. The van der Waals surface area contributed by atoms with Crippen molar-refractivity contribution in [3.8, 4) is 0 Å². The Morgan fingerprint density at radius 2 is 1.61 bits per heavy atom. The number of benzene rings is 1. The molecule has 0 aromatic heterocycles. The maximum absolute atomic E-state index is 12.8. The molecule has 0 spiro atoms. The van der Waals surface area contributed by atoms with Crippen molar-refractivity contribution in [3.05, 3.63) is 56.1 Å². The van der Waals surface area contributed by atoms with Crippen molar-refractivity contribution < 1.29 is 28.5 Å². The molecule has 0 saturated carbocycles. The van der Waals surface area contributed by atoms with Crippen LogP contribution in [0.5, 0.6) is 0 Å². The first-order valence-electron chi connectivity index (χ1n) is 6.74. The quantitative estimate of drug-likeness (QED) is 0.358. The van der Waals surface area contributed by atoms with Crippen LogP contribution in [0.3, 0.4) is 0 Å². The first kappa shape index (κ1) is 19.0. The van der Waals surface area contributed by atoms with E-state index in [-0.39, 0.29) is 18.8 Å². The number of rotatable bonds is 10. The van der Waals surface area contributed by atoms with Gasteiger partial charge in [-0.3, -0.25) is 19.5 Å². The van der Waals surface area contributed by atoms with E-state index in [9.17, 15) is 24.8 Å². The molecule has 0 amide bonds. The summed E-state index contributed by atoms with van der Waals surface area (Å²) in [5.74, 6) is -2.02. The molecule has 1 aromatic rings. The predicted octanol–water partition coefficient (Wildman–Crippen LogP) is 2.80. The molecule has 10 nitrogen and oxygen atoms in total. The Labute approximate surface area is 132 Å². The van der Waals surface area contributed by atoms with Crippen molar-refractivity contribution in [3.63, 3.8) is 0 Å². The second kappa shape index (κ2) is 8.56. The topological polar surface area (TPSA) is 131 Å². The molecular weight excluding hydrogens is 331 g/mol. The predicted molar refractivity (Wildman–Crippen MR) is 78.9 cm³/mol. The van der Waals surface area contributed by atoms with Crippen molar-refractivity contribution in [1.82, 2.24) is 0 Å². The fourth-order valence-electron chi connectivity index (χ4n) is 1.96. The van der Waals surface area contributed by atoms with Gasteiger partial charge in [0.15, 0.2) is 0 Å². The lowest BCUT2D eigenvalue weighted by atomic mass is 10.1. The molecule has 2 unspecified atom stereocenters. The fourth-order valence-corrected chi connectivity index (χ4v) is 3.87. The van der Waals surface area contributed by atoms with Gasteiger partial charge in [-0.15, -0.1) is 10.1 Å². The minimum atomic E-state index is -4.26. The maximum Gasteiger partial charge on any atom is 0.366 e. The molecule has 1 rings (SSSR count). The van der Waals surface area contributed by atoms with Gasteiger partial charge in [0.1, 0.15) is 0 Å². The Hall–Kier alpha value is -2.03. The summed E-state index contributed by atoms with van der Waals surface area (Å²) in [5, 5.41) is 21.0. The first-order valence-corrected chi connectivity index (χ1v) is 8.35. The van der Waals surface area contributed by atoms with E-state index in [1.807, 2.05) is 0 Å². The van der Waals surface area contributed by atoms with Crippen LogP contribution in [-0.4, -0.2) is 29.1 Å². The third-order valence-electron chi connectivity index (χ3n) is 2.76. The van der Waals surface area contributed by atoms with Crippen LogP contribution in [0.25, 0.3) is 0 Å². The van der Waals surface area contributed by atoms with E-state index in [4.69, 9.17) is 9.05 Å². The zero-order valence-corrected chi connectivity index (χ0v) is 13.5. The minimum Gasteiger partial charge on any atom is -0.307 e. The summed E-state index contributed by atoms with van der Waals surface area (Å²) in [6, 6.07) is 5.63. The van der Waals surface area contributed by atoms with Crippen molar-refractivity contribution in [1.29, 1.82) is 0 Å².